The van der Waals surface area contributed by atoms with Crippen LogP contribution in [0.15, 0.2) is 65.4 Å². The van der Waals surface area contributed by atoms with Crippen molar-refractivity contribution in [2.24, 2.45) is 0 Å². The highest BCUT2D eigenvalue weighted by atomic mass is 79.9. The molecule has 0 amide bonds. The van der Waals surface area contributed by atoms with E-state index in [9.17, 15) is 4.79 Å². The predicted octanol–water partition coefficient (Wildman–Crippen LogP) is 7.27. The van der Waals surface area contributed by atoms with Gasteiger partial charge in [-0.1, -0.05) is 76.7 Å². The van der Waals surface area contributed by atoms with Crippen LogP contribution in [0.25, 0.3) is 0 Å². The molecule has 0 aromatic heterocycles. The molecule has 0 spiro atoms. The Morgan fingerprint density at radius 3 is 2.47 bits per heavy atom. The number of ether oxygens (including phenoxy) is 1. The van der Waals surface area contributed by atoms with Crippen LogP contribution in [0.3, 0.4) is 0 Å². The molecule has 0 N–H and O–H groups in total. The Balaban J connectivity index is 0.00000363. The number of hydrogen-bond donors (Lipinski definition) is 0. The predicted molar refractivity (Wildman–Crippen MR) is 138 cm³/mol. The molecule has 3 rings (SSSR count). The van der Waals surface area contributed by atoms with Crippen LogP contribution in [-0.2, 0) is 4.74 Å². The van der Waals surface area contributed by atoms with Crippen molar-refractivity contribution in [1.29, 1.82) is 0 Å². The van der Waals surface area contributed by atoms with Gasteiger partial charge in [-0.3, -0.25) is 4.79 Å². The van der Waals surface area contributed by atoms with E-state index in [0.717, 1.165) is 28.4 Å². The third-order valence-electron chi connectivity index (χ3n) is 5.17. The lowest BCUT2D eigenvalue weighted by molar-refractivity contribution is 0.0163. The number of unbranched alkanes of at least 4 members (excludes halogenated alkanes) is 1. The molecule has 8 heteroatoms. The quantitative estimate of drug-likeness (QED) is 0.125. The SMILES string of the molecule is CCCCOC(c1ccc(Cl)cc1)C(Cl)N1C=CN(CCC(=O)c2ccc(Br)cc2)C1.Cl. The van der Waals surface area contributed by atoms with Crippen molar-refractivity contribution < 1.29 is 9.53 Å². The van der Waals surface area contributed by atoms with E-state index in [0.29, 0.717) is 31.3 Å². The second-order valence-corrected chi connectivity index (χ2v) is 9.31. The number of carbonyl (C=O) groups is 1. The minimum absolute atomic E-state index is 0. The van der Waals surface area contributed by atoms with Gasteiger partial charge in [0.25, 0.3) is 0 Å². The first kappa shape index (κ1) is 27.0. The number of hydrogen-bond acceptors (Lipinski definition) is 4. The molecule has 0 saturated heterocycles. The minimum atomic E-state index is -0.374. The van der Waals surface area contributed by atoms with Gasteiger partial charge in [-0.05, 0) is 36.2 Å². The summed E-state index contributed by atoms with van der Waals surface area (Å²) in [7, 11) is 0. The third-order valence-corrected chi connectivity index (χ3v) is 6.43. The third kappa shape index (κ3) is 7.67. The Labute approximate surface area is 215 Å². The van der Waals surface area contributed by atoms with Crippen molar-refractivity contribution in [2.45, 2.75) is 37.8 Å². The molecule has 2 aromatic rings. The number of benzene rings is 2. The van der Waals surface area contributed by atoms with Crippen molar-refractivity contribution in [2.75, 3.05) is 19.8 Å². The maximum absolute atomic E-state index is 12.5. The van der Waals surface area contributed by atoms with Gasteiger partial charge in [0.2, 0.25) is 0 Å². The fraction of sp³-hybridized carbons (Fsp3) is 0.375. The smallest absolute Gasteiger partial charge is 0.164 e. The van der Waals surface area contributed by atoms with Gasteiger partial charge in [0.1, 0.15) is 11.6 Å². The van der Waals surface area contributed by atoms with Gasteiger partial charge in [-0.15, -0.1) is 12.4 Å². The van der Waals surface area contributed by atoms with Crippen LogP contribution in [-0.4, -0.2) is 40.9 Å². The molecule has 0 aliphatic carbocycles. The fourth-order valence-corrected chi connectivity index (χ4v) is 4.07. The zero-order valence-corrected chi connectivity index (χ0v) is 21.8. The Hall–Kier alpha value is -1.24. The average molecular weight is 563 g/mol. The van der Waals surface area contributed by atoms with Crippen LogP contribution in [0.4, 0.5) is 0 Å². The zero-order chi connectivity index (χ0) is 22.2. The first-order valence-electron chi connectivity index (χ1n) is 10.5. The average Bonchev–Trinajstić information content (AvgIpc) is 3.25. The van der Waals surface area contributed by atoms with Gasteiger partial charge < -0.3 is 14.5 Å². The van der Waals surface area contributed by atoms with Gasteiger partial charge in [0.05, 0.1) is 6.67 Å². The van der Waals surface area contributed by atoms with E-state index in [1.165, 1.54) is 0 Å². The fourth-order valence-electron chi connectivity index (χ4n) is 3.33. The summed E-state index contributed by atoms with van der Waals surface area (Å²) in [5.41, 5.74) is 1.35. The standard InChI is InChI=1S/C24H27BrCl2N2O2.ClH/c1-2-3-16-31-23(19-6-10-21(26)11-7-19)24(27)29-15-14-28(17-29)13-12-22(30)18-4-8-20(25)9-5-18;/h4-11,14-15,23-24H,2-3,12-13,16-17H2,1H3;1H. The molecule has 4 nitrogen and oxygen atoms in total. The molecule has 174 valence electrons. The normalized spacial score (nSPS) is 14.9. The monoisotopic (exact) mass is 560 g/mol. The van der Waals surface area contributed by atoms with Crippen molar-refractivity contribution in [3.63, 3.8) is 0 Å². The van der Waals surface area contributed by atoms with Gasteiger partial charge in [-0.2, -0.15) is 0 Å². The largest absolute Gasteiger partial charge is 0.370 e. The summed E-state index contributed by atoms with van der Waals surface area (Å²) in [6, 6.07) is 15.1. The molecule has 2 unspecified atom stereocenters. The van der Waals surface area contributed by atoms with Gasteiger partial charge in [-0.25, -0.2) is 0 Å². The van der Waals surface area contributed by atoms with Crippen molar-refractivity contribution >= 4 is 57.3 Å². The number of Topliss-reactive ketones (excluding diaryl/α,β-unsaturated/α-hetero) is 1. The van der Waals surface area contributed by atoms with Crippen LogP contribution in [0.2, 0.25) is 5.02 Å². The molecule has 32 heavy (non-hydrogen) atoms. The summed E-state index contributed by atoms with van der Waals surface area (Å²) in [4.78, 5) is 16.6. The Kier molecular flexibility index (Phi) is 11.4. The number of carbonyl (C=O) groups excluding carboxylic acids is 1. The van der Waals surface area contributed by atoms with E-state index in [1.54, 1.807) is 0 Å². The van der Waals surface area contributed by atoms with Crippen LogP contribution in [0.5, 0.6) is 0 Å². The van der Waals surface area contributed by atoms with E-state index in [4.69, 9.17) is 27.9 Å². The molecular weight excluding hydrogens is 535 g/mol. The van der Waals surface area contributed by atoms with E-state index >= 15 is 0 Å². The Morgan fingerprint density at radius 2 is 1.81 bits per heavy atom. The summed E-state index contributed by atoms with van der Waals surface area (Å²) < 4.78 is 7.12. The first-order chi connectivity index (χ1) is 15.0. The van der Waals surface area contributed by atoms with Gasteiger partial charge in [0.15, 0.2) is 5.78 Å². The summed E-state index contributed by atoms with van der Waals surface area (Å²) in [5, 5.41) is 0.685. The molecule has 0 fully saturated rings. The number of halogens is 4. The number of ketones is 1. The lowest BCUT2D eigenvalue weighted by Gasteiger charge is -2.31. The molecule has 2 aromatic carbocycles. The molecular formula is C24H28BrCl3N2O2. The minimum Gasteiger partial charge on any atom is -0.370 e. The van der Waals surface area contributed by atoms with E-state index < -0.39 is 0 Å². The maximum atomic E-state index is 12.5. The summed E-state index contributed by atoms with van der Waals surface area (Å²) in [6.07, 6.45) is 6.15. The summed E-state index contributed by atoms with van der Waals surface area (Å²) >= 11 is 16.3. The van der Waals surface area contributed by atoms with Crippen LogP contribution in [0, 0.1) is 0 Å². The molecule has 2 atom stereocenters. The Bertz CT molecular complexity index is 878. The molecule has 1 aliphatic heterocycles. The van der Waals surface area contributed by atoms with Gasteiger partial charge in [0, 0.05) is 47.0 Å². The van der Waals surface area contributed by atoms with E-state index in [2.05, 4.69) is 27.8 Å². The Morgan fingerprint density at radius 1 is 1.12 bits per heavy atom. The lowest BCUT2D eigenvalue weighted by atomic mass is 10.1. The number of alkyl halides is 1. The number of nitrogens with zero attached hydrogens (tertiary/aromatic N) is 2. The van der Waals surface area contributed by atoms with Crippen LogP contribution < -0.4 is 0 Å². The second kappa shape index (κ2) is 13.5. The van der Waals surface area contributed by atoms with E-state index in [-0.39, 0.29) is 29.8 Å². The van der Waals surface area contributed by atoms with E-state index in [1.807, 2.05) is 65.8 Å². The number of rotatable bonds is 11. The highest BCUT2D eigenvalue weighted by molar-refractivity contribution is 9.10. The lowest BCUT2D eigenvalue weighted by Crippen LogP contribution is -2.36. The molecule has 0 radical (unpaired) electrons. The van der Waals surface area contributed by atoms with Crippen molar-refractivity contribution in [3.05, 3.63) is 81.6 Å². The molecule has 0 saturated carbocycles. The molecule has 1 aliphatic rings. The second-order valence-electron chi connectivity index (χ2n) is 7.52. The van der Waals surface area contributed by atoms with Crippen molar-refractivity contribution in [1.82, 2.24) is 9.80 Å². The van der Waals surface area contributed by atoms with Crippen molar-refractivity contribution in [3.8, 4) is 0 Å². The highest BCUT2D eigenvalue weighted by Crippen LogP contribution is 2.31. The highest BCUT2D eigenvalue weighted by Gasteiger charge is 2.29. The molecule has 1 heterocycles. The topological polar surface area (TPSA) is 32.8 Å². The summed E-state index contributed by atoms with van der Waals surface area (Å²) in [5.74, 6) is 0.128. The van der Waals surface area contributed by atoms with Crippen LogP contribution >= 0.6 is 51.5 Å². The summed E-state index contributed by atoms with van der Waals surface area (Å²) in [6.45, 7) is 4.03. The van der Waals surface area contributed by atoms with Crippen LogP contribution in [0.1, 0.15) is 48.2 Å². The first-order valence-corrected chi connectivity index (χ1v) is 12.1. The zero-order valence-electron chi connectivity index (χ0n) is 17.9. The maximum Gasteiger partial charge on any atom is 0.164 e. The molecule has 0 bridgehead atoms. The van der Waals surface area contributed by atoms with Gasteiger partial charge >= 0.3 is 0 Å².